The molecule has 0 radical (unpaired) electrons. The number of nitrogens with two attached hydrogens (primary N) is 1. The molecule has 1 aliphatic carbocycles. The highest BCUT2D eigenvalue weighted by molar-refractivity contribution is 5.20. The lowest BCUT2D eigenvalue weighted by molar-refractivity contribution is -0.0961. The molecule has 21 heavy (non-hydrogen) atoms. The van der Waals surface area contributed by atoms with Crippen molar-refractivity contribution >= 4 is 0 Å². The summed E-state index contributed by atoms with van der Waals surface area (Å²) in [4.78, 5) is 0. The van der Waals surface area contributed by atoms with Crippen LogP contribution >= 0.6 is 0 Å². The average molecular weight is 295 g/mol. The van der Waals surface area contributed by atoms with Crippen molar-refractivity contribution in [3.63, 3.8) is 0 Å². The van der Waals surface area contributed by atoms with Crippen molar-refractivity contribution in [2.75, 3.05) is 6.61 Å². The van der Waals surface area contributed by atoms with Crippen LogP contribution in [-0.4, -0.2) is 18.2 Å². The third kappa shape index (κ3) is 3.11. The molecule has 116 valence electrons. The molecule has 2 fully saturated rings. The van der Waals surface area contributed by atoms with E-state index in [-0.39, 0.29) is 11.6 Å². The zero-order chi connectivity index (χ0) is 14.9. The first-order chi connectivity index (χ1) is 10.1. The molecule has 2 aliphatic rings. The van der Waals surface area contributed by atoms with Gasteiger partial charge in [-0.2, -0.15) is 0 Å². The van der Waals surface area contributed by atoms with Crippen LogP contribution < -0.4 is 5.73 Å². The first-order valence-electron chi connectivity index (χ1n) is 7.92. The lowest BCUT2D eigenvalue weighted by Gasteiger charge is -2.40. The van der Waals surface area contributed by atoms with E-state index < -0.39 is 11.6 Å². The van der Waals surface area contributed by atoms with Crippen molar-refractivity contribution in [2.24, 2.45) is 11.7 Å². The highest BCUT2D eigenvalue weighted by Crippen LogP contribution is 2.42. The van der Waals surface area contributed by atoms with Gasteiger partial charge in [0.15, 0.2) is 11.6 Å². The van der Waals surface area contributed by atoms with Crippen molar-refractivity contribution in [1.29, 1.82) is 0 Å². The summed E-state index contributed by atoms with van der Waals surface area (Å²) >= 11 is 0. The zero-order valence-electron chi connectivity index (χ0n) is 12.3. The molecule has 1 aromatic rings. The van der Waals surface area contributed by atoms with Crippen LogP contribution in [0.25, 0.3) is 0 Å². The molecular weight excluding hydrogens is 272 g/mol. The molecule has 1 saturated heterocycles. The minimum absolute atomic E-state index is 0.0149. The van der Waals surface area contributed by atoms with Crippen LogP contribution in [-0.2, 0) is 11.2 Å². The molecule has 2 atom stereocenters. The molecule has 2 unspecified atom stereocenters. The topological polar surface area (TPSA) is 35.2 Å². The minimum Gasteiger partial charge on any atom is -0.375 e. The minimum atomic E-state index is -0.793. The Morgan fingerprint density at radius 1 is 1.29 bits per heavy atom. The maximum Gasteiger partial charge on any atom is 0.162 e. The highest BCUT2D eigenvalue weighted by Gasteiger charge is 2.41. The first kappa shape index (κ1) is 14.9. The number of rotatable bonds is 3. The highest BCUT2D eigenvalue weighted by atomic mass is 19.2. The van der Waals surface area contributed by atoms with Gasteiger partial charge in [-0.25, -0.2) is 8.78 Å². The Labute approximate surface area is 124 Å². The largest absolute Gasteiger partial charge is 0.375 e. The average Bonchev–Trinajstić information content (AvgIpc) is 2.92. The van der Waals surface area contributed by atoms with E-state index in [1.54, 1.807) is 12.1 Å². The summed E-state index contributed by atoms with van der Waals surface area (Å²) in [6, 6.07) is 4.18. The van der Waals surface area contributed by atoms with Crippen molar-refractivity contribution in [2.45, 2.75) is 56.6 Å². The van der Waals surface area contributed by atoms with Gasteiger partial charge in [-0.05, 0) is 49.7 Å². The van der Waals surface area contributed by atoms with Gasteiger partial charge in [-0.15, -0.1) is 0 Å². The van der Waals surface area contributed by atoms with Gasteiger partial charge in [0.25, 0.3) is 0 Å². The van der Waals surface area contributed by atoms with Gasteiger partial charge < -0.3 is 10.5 Å². The van der Waals surface area contributed by atoms with Gasteiger partial charge in [0.2, 0.25) is 0 Å². The summed E-state index contributed by atoms with van der Waals surface area (Å²) in [5, 5.41) is 0. The molecule has 0 bridgehead atoms. The lowest BCUT2D eigenvalue weighted by Crippen LogP contribution is -2.44. The third-order valence-electron chi connectivity index (χ3n) is 5.14. The fourth-order valence-electron chi connectivity index (χ4n) is 3.93. The fourth-order valence-corrected chi connectivity index (χ4v) is 3.93. The van der Waals surface area contributed by atoms with Crippen LogP contribution in [0.5, 0.6) is 0 Å². The van der Waals surface area contributed by atoms with E-state index in [2.05, 4.69) is 0 Å². The van der Waals surface area contributed by atoms with Crippen molar-refractivity contribution in [1.82, 2.24) is 0 Å². The van der Waals surface area contributed by atoms with E-state index in [9.17, 15) is 8.78 Å². The summed E-state index contributed by atoms with van der Waals surface area (Å²) < 4.78 is 33.1. The Hall–Kier alpha value is -1.00. The Bertz CT molecular complexity index is 500. The smallest absolute Gasteiger partial charge is 0.162 e. The van der Waals surface area contributed by atoms with Crippen LogP contribution in [0.1, 0.15) is 44.1 Å². The van der Waals surface area contributed by atoms with Crippen LogP contribution in [0.2, 0.25) is 0 Å². The molecule has 2 nitrogen and oxygen atoms in total. The van der Waals surface area contributed by atoms with Gasteiger partial charge in [0, 0.05) is 12.6 Å². The number of ether oxygens (including phenoxy) is 1. The molecule has 1 spiro atoms. The van der Waals surface area contributed by atoms with Crippen LogP contribution in [0.3, 0.4) is 0 Å². The van der Waals surface area contributed by atoms with Gasteiger partial charge in [-0.1, -0.05) is 25.0 Å². The zero-order valence-corrected chi connectivity index (χ0v) is 12.3. The van der Waals surface area contributed by atoms with Crippen LogP contribution in [0, 0.1) is 17.6 Å². The summed E-state index contributed by atoms with van der Waals surface area (Å²) in [7, 11) is 0. The van der Waals surface area contributed by atoms with E-state index >= 15 is 0 Å². The quantitative estimate of drug-likeness (QED) is 0.925. The fraction of sp³-hybridized carbons (Fsp3) is 0.647. The van der Waals surface area contributed by atoms with E-state index in [4.69, 9.17) is 10.5 Å². The standard InChI is InChI=1S/C17H23F2NO/c18-14-5-3-4-12(16(14)19)10-15(20)13-6-9-21-17(11-13)7-1-2-8-17/h3-5,13,15H,1-2,6-11,20H2. The van der Waals surface area contributed by atoms with Gasteiger partial charge >= 0.3 is 0 Å². The maximum atomic E-state index is 13.8. The first-order valence-corrected chi connectivity index (χ1v) is 7.92. The summed E-state index contributed by atoms with van der Waals surface area (Å²) in [5.41, 5.74) is 6.70. The molecular formula is C17H23F2NO. The summed E-state index contributed by atoms with van der Waals surface area (Å²) in [6.45, 7) is 0.740. The van der Waals surface area contributed by atoms with E-state index in [0.29, 0.717) is 17.9 Å². The molecule has 1 heterocycles. The predicted molar refractivity (Wildman–Crippen MR) is 77.9 cm³/mol. The molecule has 1 saturated carbocycles. The van der Waals surface area contributed by atoms with Crippen LogP contribution in [0.15, 0.2) is 18.2 Å². The number of benzene rings is 1. The Kier molecular flexibility index (Phi) is 4.27. The van der Waals surface area contributed by atoms with E-state index in [1.807, 2.05) is 0 Å². The molecule has 2 N–H and O–H groups in total. The Morgan fingerprint density at radius 3 is 2.81 bits per heavy atom. The normalized spacial score (nSPS) is 26.1. The second-order valence-corrected chi connectivity index (χ2v) is 6.57. The van der Waals surface area contributed by atoms with Gasteiger partial charge in [-0.3, -0.25) is 0 Å². The van der Waals surface area contributed by atoms with Gasteiger partial charge in [0.1, 0.15) is 0 Å². The molecule has 1 aromatic carbocycles. The van der Waals surface area contributed by atoms with Crippen molar-refractivity contribution in [3.8, 4) is 0 Å². The van der Waals surface area contributed by atoms with E-state index in [1.165, 1.54) is 12.8 Å². The second-order valence-electron chi connectivity index (χ2n) is 6.57. The molecule has 0 aromatic heterocycles. The molecule has 1 aliphatic heterocycles. The number of halogens is 2. The van der Waals surface area contributed by atoms with Crippen molar-refractivity contribution < 1.29 is 13.5 Å². The summed E-state index contributed by atoms with van der Waals surface area (Å²) in [6.07, 6.45) is 6.95. The Morgan fingerprint density at radius 2 is 2.05 bits per heavy atom. The maximum absolute atomic E-state index is 13.8. The van der Waals surface area contributed by atoms with Crippen LogP contribution in [0.4, 0.5) is 8.78 Å². The monoisotopic (exact) mass is 295 g/mol. The molecule has 0 amide bonds. The SMILES string of the molecule is NC(Cc1cccc(F)c1F)C1CCOC2(CCCC2)C1. The molecule has 3 rings (SSSR count). The van der Waals surface area contributed by atoms with Gasteiger partial charge in [0.05, 0.1) is 5.60 Å². The second kappa shape index (κ2) is 6.01. The Balaban J connectivity index is 1.67. The number of hydrogen-bond acceptors (Lipinski definition) is 2. The molecule has 4 heteroatoms. The van der Waals surface area contributed by atoms with E-state index in [0.717, 1.165) is 38.4 Å². The predicted octanol–water partition coefficient (Wildman–Crippen LogP) is 3.57. The lowest BCUT2D eigenvalue weighted by atomic mass is 9.79. The number of hydrogen-bond donors (Lipinski definition) is 1. The third-order valence-corrected chi connectivity index (χ3v) is 5.14. The summed E-state index contributed by atoms with van der Waals surface area (Å²) in [5.74, 6) is -1.21. The van der Waals surface area contributed by atoms with Crippen molar-refractivity contribution in [3.05, 3.63) is 35.4 Å².